The van der Waals surface area contributed by atoms with E-state index in [1.807, 2.05) is 0 Å². The SMILES string of the molecule is O=C(c1c(Cl)cccc1Cl)N1CC(O)C(O)C1. The Bertz CT molecular complexity index is 422. The molecule has 1 aliphatic heterocycles. The second kappa shape index (κ2) is 4.82. The Kier molecular flexibility index (Phi) is 3.58. The normalized spacial score (nSPS) is 24.1. The molecule has 2 atom stereocenters. The number of hydrogen-bond acceptors (Lipinski definition) is 3. The first-order chi connectivity index (χ1) is 8.00. The van der Waals surface area contributed by atoms with E-state index in [2.05, 4.69) is 0 Å². The monoisotopic (exact) mass is 275 g/mol. The smallest absolute Gasteiger partial charge is 0.257 e. The minimum atomic E-state index is -0.916. The van der Waals surface area contributed by atoms with Gasteiger partial charge < -0.3 is 15.1 Å². The molecule has 17 heavy (non-hydrogen) atoms. The van der Waals surface area contributed by atoms with Gasteiger partial charge in [-0.05, 0) is 12.1 Å². The zero-order valence-corrected chi connectivity index (χ0v) is 10.3. The van der Waals surface area contributed by atoms with Crippen molar-refractivity contribution in [2.75, 3.05) is 13.1 Å². The van der Waals surface area contributed by atoms with Gasteiger partial charge in [0.15, 0.2) is 0 Å². The Balaban J connectivity index is 2.27. The number of aliphatic hydroxyl groups excluding tert-OH is 2. The summed E-state index contributed by atoms with van der Waals surface area (Å²) in [5.41, 5.74) is 0.206. The first-order valence-electron chi connectivity index (χ1n) is 5.10. The summed E-state index contributed by atoms with van der Waals surface area (Å²) in [5.74, 6) is -0.379. The lowest BCUT2D eigenvalue weighted by Gasteiger charge is -2.16. The number of carbonyl (C=O) groups is 1. The van der Waals surface area contributed by atoms with Crippen LogP contribution in [-0.4, -0.2) is 46.3 Å². The fraction of sp³-hybridized carbons (Fsp3) is 0.364. The number of likely N-dealkylation sites (tertiary alicyclic amines) is 1. The van der Waals surface area contributed by atoms with E-state index in [0.717, 1.165) is 0 Å². The van der Waals surface area contributed by atoms with Gasteiger partial charge in [0.2, 0.25) is 0 Å². The minimum absolute atomic E-state index is 0.0849. The molecule has 6 heteroatoms. The molecule has 1 heterocycles. The highest BCUT2D eigenvalue weighted by Gasteiger charge is 2.34. The second-order valence-electron chi connectivity index (χ2n) is 3.94. The van der Waals surface area contributed by atoms with Gasteiger partial charge in [-0.1, -0.05) is 29.3 Å². The second-order valence-corrected chi connectivity index (χ2v) is 4.76. The minimum Gasteiger partial charge on any atom is -0.388 e. The van der Waals surface area contributed by atoms with Gasteiger partial charge in [-0.25, -0.2) is 0 Å². The topological polar surface area (TPSA) is 60.8 Å². The molecule has 2 N–H and O–H groups in total. The van der Waals surface area contributed by atoms with E-state index in [0.29, 0.717) is 0 Å². The van der Waals surface area contributed by atoms with Crippen LogP contribution in [0.25, 0.3) is 0 Å². The van der Waals surface area contributed by atoms with Crippen LogP contribution in [-0.2, 0) is 0 Å². The molecule has 1 aliphatic rings. The first kappa shape index (κ1) is 12.6. The summed E-state index contributed by atoms with van der Waals surface area (Å²) in [7, 11) is 0. The molecule has 4 nitrogen and oxygen atoms in total. The van der Waals surface area contributed by atoms with Crippen molar-refractivity contribution in [1.29, 1.82) is 0 Å². The van der Waals surface area contributed by atoms with Crippen LogP contribution >= 0.6 is 23.2 Å². The van der Waals surface area contributed by atoms with Crippen LogP contribution in [0, 0.1) is 0 Å². The Morgan fingerprint density at radius 3 is 2.12 bits per heavy atom. The van der Waals surface area contributed by atoms with Gasteiger partial charge in [-0.2, -0.15) is 0 Å². The summed E-state index contributed by atoms with van der Waals surface area (Å²) in [4.78, 5) is 13.5. The van der Waals surface area contributed by atoms with Crippen LogP contribution in [0.2, 0.25) is 10.0 Å². The van der Waals surface area contributed by atoms with Gasteiger partial charge in [0.05, 0.1) is 27.8 Å². The van der Waals surface area contributed by atoms with Crippen LogP contribution in [0.3, 0.4) is 0 Å². The van der Waals surface area contributed by atoms with Gasteiger partial charge in [-0.15, -0.1) is 0 Å². The van der Waals surface area contributed by atoms with Crippen molar-refractivity contribution in [3.8, 4) is 0 Å². The molecule has 1 aromatic carbocycles. The van der Waals surface area contributed by atoms with E-state index in [1.165, 1.54) is 4.90 Å². The number of benzene rings is 1. The van der Waals surface area contributed by atoms with E-state index in [-0.39, 0.29) is 34.6 Å². The number of β-amino-alcohol motifs (C(OH)–C–C–N with tert-alkyl or cyclic N) is 2. The number of amides is 1. The lowest BCUT2D eigenvalue weighted by molar-refractivity contribution is 0.0572. The standard InChI is InChI=1S/C11H11Cl2NO3/c12-6-2-1-3-7(13)10(6)11(17)14-4-8(15)9(16)5-14/h1-3,8-9,15-16H,4-5H2. The molecule has 92 valence electrons. The third-order valence-electron chi connectivity index (χ3n) is 2.72. The summed E-state index contributed by atoms with van der Waals surface area (Å²) >= 11 is 11.8. The predicted molar refractivity (Wildman–Crippen MR) is 64.4 cm³/mol. The molecule has 0 aliphatic carbocycles. The van der Waals surface area contributed by atoms with E-state index >= 15 is 0 Å². The number of rotatable bonds is 1. The molecule has 2 unspecified atom stereocenters. The molecule has 1 fully saturated rings. The summed E-state index contributed by atoms with van der Waals surface area (Å²) in [6, 6.07) is 4.79. The Morgan fingerprint density at radius 1 is 1.18 bits per heavy atom. The maximum absolute atomic E-state index is 12.1. The van der Waals surface area contributed by atoms with Crippen LogP contribution in [0.4, 0.5) is 0 Å². The molecule has 2 rings (SSSR count). The summed E-state index contributed by atoms with van der Waals surface area (Å²) < 4.78 is 0. The third-order valence-corrected chi connectivity index (χ3v) is 3.35. The van der Waals surface area contributed by atoms with E-state index in [1.54, 1.807) is 18.2 Å². The van der Waals surface area contributed by atoms with Crippen molar-refractivity contribution in [2.24, 2.45) is 0 Å². The maximum Gasteiger partial charge on any atom is 0.257 e. The van der Waals surface area contributed by atoms with Crippen LogP contribution < -0.4 is 0 Å². The van der Waals surface area contributed by atoms with E-state index in [9.17, 15) is 15.0 Å². The highest BCUT2D eigenvalue weighted by Crippen LogP contribution is 2.27. The molecule has 0 bridgehead atoms. The number of nitrogens with zero attached hydrogens (tertiary/aromatic N) is 1. The average Bonchev–Trinajstić information content (AvgIpc) is 2.59. The summed E-state index contributed by atoms with van der Waals surface area (Å²) in [6.45, 7) is 0.170. The maximum atomic E-state index is 12.1. The molecule has 1 amide bonds. The summed E-state index contributed by atoms with van der Waals surface area (Å²) in [6.07, 6.45) is -1.83. The van der Waals surface area contributed by atoms with E-state index < -0.39 is 12.2 Å². The van der Waals surface area contributed by atoms with Gasteiger partial charge in [-0.3, -0.25) is 4.79 Å². The van der Waals surface area contributed by atoms with Crippen molar-refractivity contribution in [1.82, 2.24) is 4.90 Å². The van der Waals surface area contributed by atoms with Crippen molar-refractivity contribution in [3.05, 3.63) is 33.8 Å². The van der Waals surface area contributed by atoms with Crippen LogP contribution in [0.1, 0.15) is 10.4 Å². The van der Waals surface area contributed by atoms with Crippen molar-refractivity contribution < 1.29 is 15.0 Å². The lowest BCUT2D eigenvalue weighted by Crippen LogP contribution is -2.30. The quantitative estimate of drug-likeness (QED) is 0.809. The largest absolute Gasteiger partial charge is 0.388 e. The number of aliphatic hydroxyl groups is 2. The summed E-state index contributed by atoms with van der Waals surface area (Å²) in [5, 5.41) is 19.3. The molecule has 0 spiro atoms. The first-order valence-corrected chi connectivity index (χ1v) is 5.85. The van der Waals surface area contributed by atoms with Crippen molar-refractivity contribution in [3.63, 3.8) is 0 Å². The third kappa shape index (κ3) is 2.40. The molecule has 0 saturated carbocycles. The van der Waals surface area contributed by atoms with Gasteiger partial charge in [0.1, 0.15) is 0 Å². The zero-order valence-electron chi connectivity index (χ0n) is 8.81. The van der Waals surface area contributed by atoms with Gasteiger partial charge in [0, 0.05) is 13.1 Å². The Morgan fingerprint density at radius 2 is 1.65 bits per heavy atom. The average molecular weight is 276 g/mol. The molecule has 0 radical (unpaired) electrons. The highest BCUT2D eigenvalue weighted by molar-refractivity contribution is 6.39. The number of halogens is 2. The molecule has 1 saturated heterocycles. The number of carbonyl (C=O) groups excluding carboxylic acids is 1. The van der Waals surface area contributed by atoms with Crippen molar-refractivity contribution in [2.45, 2.75) is 12.2 Å². The predicted octanol–water partition coefficient (Wildman–Crippen LogP) is 1.17. The lowest BCUT2D eigenvalue weighted by atomic mass is 10.2. The zero-order chi connectivity index (χ0) is 12.6. The Hall–Kier alpha value is -0.810. The molecular weight excluding hydrogens is 265 g/mol. The van der Waals surface area contributed by atoms with Crippen molar-refractivity contribution >= 4 is 29.1 Å². The molecular formula is C11H11Cl2NO3. The highest BCUT2D eigenvalue weighted by atomic mass is 35.5. The molecule has 1 aromatic rings. The van der Waals surface area contributed by atoms with E-state index in [4.69, 9.17) is 23.2 Å². The number of hydrogen-bond donors (Lipinski definition) is 2. The van der Waals surface area contributed by atoms with Gasteiger partial charge >= 0.3 is 0 Å². The van der Waals surface area contributed by atoms with Crippen LogP contribution in [0.5, 0.6) is 0 Å². The fourth-order valence-electron chi connectivity index (χ4n) is 1.80. The fourth-order valence-corrected chi connectivity index (χ4v) is 2.35. The van der Waals surface area contributed by atoms with Crippen LogP contribution in [0.15, 0.2) is 18.2 Å². The van der Waals surface area contributed by atoms with Gasteiger partial charge in [0.25, 0.3) is 5.91 Å². The molecule has 0 aromatic heterocycles. The Labute approximate surface area is 108 Å².